The van der Waals surface area contributed by atoms with Crippen LogP contribution < -0.4 is 5.32 Å². The van der Waals surface area contributed by atoms with Crippen LogP contribution in [-0.4, -0.2) is 38.4 Å². The summed E-state index contributed by atoms with van der Waals surface area (Å²) in [6.45, 7) is 8.08. The molecule has 4 nitrogen and oxygen atoms in total. The van der Waals surface area contributed by atoms with E-state index in [0.717, 1.165) is 37.1 Å². The average molecular weight is 296 g/mol. The van der Waals surface area contributed by atoms with Crippen molar-refractivity contribution in [3.63, 3.8) is 0 Å². The lowest BCUT2D eigenvalue weighted by Crippen LogP contribution is -2.46. The van der Waals surface area contributed by atoms with Crippen molar-refractivity contribution in [1.82, 2.24) is 9.62 Å². The molecule has 1 aliphatic heterocycles. The molecule has 0 amide bonds. The maximum Gasteiger partial charge on any atom is 0.243 e. The van der Waals surface area contributed by atoms with Crippen LogP contribution in [0.3, 0.4) is 0 Å². The highest BCUT2D eigenvalue weighted by Crippen LogP contribution is 2.25. The van der Waals surface area contributed by atoms with Gasteiger partial charge in [0.05, 0.1) is 4.90 Å². The number of nitrogens with one attached hydrogen (secondary N) is 1. The van der Waals surface area contributed by atoms with Gasteiger partial charge in [0, 0.05) is 12.6 Å². The van der Waals surface area contributed by atoms with Gasteiger partial charge in [0.2, 0.25) is 10.0 Å². The number of nitrogens with zero attached hydrogens (tertiary/aromatic N) is 1. The van der Waals surface area contributed by atoms with Crippen LogP contribution in [-0.2, 0) is 10.0 Å². The number of piperidine rings is 1. The summed E-state index contributed by atoms with van der Waals surface area (Å²) in [5, 5.41) is 3.28. The van der Waals surface area contributed by atoms with E-state index < -0.39 is 10.0 Å². The lowest BCUT2D eigenvalue weighted by atomic mass is 10.1. The van der Waals surface area contributed by atoms with Gasteiger partial charge in [-0.05, 0) is 51.4 Å². The van der Waals surface area contributed by atoms with E-state index in [0.29, 0.717) is 11.4 Å². The maximum atomic E-state index is 12.9. The Morgan fingerprint density at radius 1 is 1.25 bits per heavy atom. The second-order valence-corrected chi connectivity index (χ2v) is 7.32. The predicted octanol–water partition coefficient (Wildman–Crippen LogP) is 2.07. The number of sulfonamides is 1. The van der Waals surface area contributed by atoms with E-state index >= 15 is 0 Å². The van der Waals surface area contributed by atoms with Crippen molar-refractivity contribution in [3.05, 3.63) is 29.3 Å². The van der Waals surface area contributed by atoms with Crippen LogP contribution in [0.5, 0.6) is 0 Å². The number of aryl methyl sites for hydroxylation is 2. The molecule has 0 spiro atoms. The summed E-state index contributed by atoms with van der Waals surface area (Å²) in [5.41, 5.74) is 1.92. The summed E-state index contributed by atoms with van der Waals surface area (Å²) in [5.74, 6) is 0. The van der Waals surface area contributed by atoms with Gasteiger partial charge in [-0.1, -0.05) is 24.6 Å². The van der Waals surface area contributed by atoms with Crippen LogP contribution in [0.25, 0.3) is 0 Å². The molecular weight excluding hydrogens is 272 g/mol. The SMILES string of the molecule is CCN(C1CCNCC1)S(=O)(=O)c1ccc(C)cc1C. The first-order valence-electron chi connectivity index (χ1n) is 7.26. The van der Waals surface area contributed by atoms with Crippen molar-refractivity contribution in [2.24, 2.45) is 0 Å². The lowest BCUT2D eigenvalue weighted by Gasteiger charge is -2.33. The molecule has 5 heteroatoms. The van der Waals surface area contributed by atoms with Gasteiger partial charge < -0.3 is 5.32 Å². The number of benzene rings is 1. The summed E-state index contributed by atoms with van der Waals surface area (Å²) in [4.78, 5) is 0.448. The molecular formula is C15H24N2O2S. The third-order valence-electron chi connectivity index (χ3n) is 3.94. The fraction of sp³-hybridized carbons (Fsp3) is 0.600. The van der Waals surface area contributed by atoms with Gasteiger partial charge in [-0.2, -0.15) is 4.31 Å². The topological polar surface area (TPSA) is 49.4 Å². The van der Waals surface area contributed by atoms with Gasteiger partial charge in [-0.15, -0.1) is 0 Å². The third kappa shape index (κ3) is 3.05. The van der Waals surface area contributed by atoms with E-state index in [2.05, 4.69) is 5.32 Å². The van der Waals surface area contributed by atoms with Crippen LogP contribution in [0.15, 0.2) is 23.1 Å². The van der Waals surface area contributed by atoms with Crippen LogP contribution in [0.4, 0.5) is 0 Å². The summed E-state index contributed by atoms with van der Waals surface area (Å²) in [6, 6.07) is 5.66. The Balaban J connectivity index is 2.35. The quantitative estimate of drug-likeness (QED) is 0.925. The monoisotopic (exact) mass is 296 g/mol. The second kappa shape index (κ2) is 6.24. The maximum absolute atomic E-state index is 12.9. The zero-order valence-electron chi connectivity index (χ0n) is 12.5. The van der Waals surface area contributed by atoms with Crippen molar-refractivity contribution >= 4 is 10.0 Å². The minimum Gasteiger partial charge on any atom is -0.317 e. The van der Waals surface area contributed by atoms with Crippen molar-refractivity contribution in [1.29, 1.82) is 0 Å². The first-order chi connectivity index (χ1) is 9.46. The van der Waals surface area contributed by atoms with Crippen molar-refractivity contribution < 1.29 is 8.42 Å². The van der Waals surface area contributed by atoms with Crippen LogP contribution in [0, 0.1) is 13.8 Å². The summed E-state index contributed by atoms with van der Waals surface area (Å²) < 4.78 is 27.5. The second-order valence-electron chi connectivity index (χ2n) is 5.46. The molecule has 1 aromatic carbocycles. The van der Waals surface area contributed by atoms with Crippen LogP contribution >= 0.6 is 0 Å². The molecule has 0 atom stereocenters. The molecule has 1 aliphatic rings. The molecule has 0 saturated carbocycles. The Morgan fingerprint density at radius 2 is 1.90 bits per heavy atom. The summed E-state index contributed by atoms with van der Waals surface area (Å²) in [6.07, 6.45) is 1.77. The Kier molecular flexibility index (Phi) is 4.83. The minimum atomic E-state index is -3.39. The largest absolute Gasteiger partial charge is 0.317 e. The summed E-state index contributed by atoms with van der Waals surface area (Å²) in [7, 11) is -3.39. The van der Waals surface area contributed by atoms with Crippen LogP contribution in [0.1, 0.15) is 30.9 Å². The molecule has 0 bridgehead atoms. The molecule has 1 aromatic rings. The molecule has 1 N–H and O–H groups in total. The number of rotatable bonds is 4. The Labute approximate surface area is 122 Å². The first kappa shape index (κ1) is 15.5. The van der Waals surface area contributed by atoms with Gasteiger partial charge in [0.25, 0.3) is 0 Å². The van der Waals surface area contributed by atoms with E-state index in [1.165, 1.54) is 0 Å². The Morgan fingerprint density at radius 3 is 2.45 bits per heavy atom. The molecule has 0 aromatic heterocycles. The van der Waals surface area contributed by atoms with Gasteiger partial charge in [0.15, 0.2) is 0 Å². The highest BCUT2D eigenvalue weighted by atomic mass is 32.2. The standard InChI is InChI=1S/C15H24N2O2S/c1-4-17(14-7-9-16-10-8-14)20(18,19)15-6-5-12(2)11-13(15)3/h5-6,11,14,16H,4,7-10H2,1-3H3. The third-order valence-corrected chi connectivity index (χ3v) is 6.13. The average Bonchev–Trinajstić information content (AvgIpc) is 2.40. The number of hydrogen-bond donors (Lipinski definition) is 1. The van der Waals surface area contributed by atoms with E-state index in [1.54, 1.807) is 10.4 Å². The zero-order chi connectivity index (χ0) is 14.8. The van der Waals surface area contributed by atoms with Crippen LogP contribution in [0.2, 0.25) is 0 Å². The Bertz CT molecular complexity index is 563. The summed E-state index contributed by atoms with van der Waals surface area (Å²) >= 11 is 0. The van der Waals surface area contributed by atoms with E-state index in [4.69, 9.17) is 0 Å². The van der Waals surface area contributed by atoms with Crippen molar-refractivity contribution in [2.75, 3.05) is 19.6 Å². The van der Waals surface area contributed by atoms with E-state index in [9.17, 15) is 8.42 Å². The molecule has 112 valence electrons. The molecule has 0 unspecified atom stereocenters. The molecule has 20 heavy (non-hydrogen) atoms. The predicted molar refractivity (Wildman–Crippen MR) is 81.4 cm³/mol. The van der Waals surface area contributed by atoms with Crippen molar-refractivity contribution in [3.8, 4) is 0 Å². The fourth-order valence-electron chi connectivity index (χ4n) is 2.93. The first-order valence-corrected chi connectivity index (χ1v) is 8.70. The number of hydrogen-bond acceptors (Lipinski definition) is 3. The fourth-order valence-corrected chi connectivity index (χ4v) is 4.84. The molecule has 1 saturated heterocycles. The molecule has 0 radical (unpaired) electrons. The lowest BCUT2D eigenvalue weighted by molar-refractivity contribution is 0.270. The van der Waals surface area contributed by atoms with E-state index in [-0.39, 0.29) is 6.04 Å². The molecule has 0 aliphatic carbocycles. The Hall–Kier alpha value is -0.910. The smallest absolute Gasteiger partial charge is 0.243 e. The van der Waals surface area contributed by atoms with E-state index in [1.807, 2.05) is 32.9 Å². The van der Waals surface area contributed by atoms with Gasteiger partial charge in [-0.25, -0.2) is 8.42 Å². The highest BCUT2D eigenvalue weighted by Gasteiger charge is 2.31. The van der Waals surface area contributed by atoms with Gasteiger partial charge in [-0.3, -0.25) is 0 Å². The van der Waals surface area contributed by atoms with Gasteiger partial charge in [0.1, 0.15) is 0 Å². The van der Waals surface area contributed by atoms with Gasteiger partial charge >= 0.3 is 0 Å². The molecule has 1 fully saturated rings. The zero-order valence-corrected chi connectivity index (χ0v) is 13.3. The minimum absolute atomic E-state index is 0.118. The normalized spacial score (nSPS) is 17.6. The highest BCUT2D eigenvalue weighted by molar-refractivity contribution is 7.89. The molecule has 2 rings (SSSR count). The molecule has 1 heterocycles. The van der Waals surface area contributed by atoms with Crippen molar-refractivity contribution in [2.45, 2.75) is 44.6 Å².